The maximum Gasteiger partial charge on any atom is 0.104 e. The molecule has 4 heteroatoms. The molecule has 2 aliphatic heterocycles. The lowest BCUT2D eigenvalue weighted by molar-refractivity contribution is 0.119. The minimum absolute atomic E-state index is 0.311. The third-order valence-electron chi connectivity index (χ3n) is 8.21. The average molecular weight is 519 g/mol. The van der Waals surface area contributed by atoms with E-state index in [4.69, 9.17) is 18.9 Å². The molecule has 7 rings (SSSR count). The zero-order valence-corrected chi connectivity index (χ0v) is 22.2. The van der Waals surface area contributed by atoms with Crippen LogP contribution in [-0.2, 0) is 37.2 Å². The molecule has 0 bridgehead atoms. The van der Waals surface area contributed by atoms with Crippen molar-refractivity contribution < 1.29 is 18.9 Å². The molecule has 2 atom stereocenters. The van der Waals surface area contributed by atoms with Crippen molar-refractivity contribution in [3.05, 3.63) is 130 Å². The van der Waals surface area contributed by atoms with Gasteiger partial charge in [-0.15, -0.1) is 0 Å². The van der Waals surface area contributed by atoms with Gasteiger partial charge in [0.15, 0.2) is 0 Å². The highest BCUT2D eigenvalue weighted by atomic mass is 16.6. The fourth-order valence-electron chi connectivity index (χ4n) is 6.00. The van der Waals surface area contributed by atoms with E-state index in [-0.39, 0.29) is 5.41 Å². The molecular weight excluding hydrogens is 484 g/mol. The van der Waals surface area contributed by atoms with Gasteiger partial charge in [-0.3, -0.25) is 0 Å². The van der Waals surface area contributed by atoms with Gasteiger partial charge in [-0.05, 0) is 57.3 Å². The van der Waals surface area contributed by atoms with Gasteiger partial charge in [-0.1, -0.05) is 97.1 Å². The highest BCUT2D eigenvalue weighted by molar-refractivity contribution is 5.86. The third kappa shape index (κ3) is 4.94. The molecule has 0 amide bonds. The van der Waals surface area contributed by atoms with E-state index in [1.807, 2.05) is 0 Å². The van der Waals surface area contributed by atoms with Crippen LogP contribution in [0.25, 0.3) is 11.1 Å². The van der Waals surface area contributed by atoms with Crippen LogP contribution in [0.15, 0.2) is 97.1 Å². The molecule has 0 spiro atoms. The first-order valence-electron chi connectivity index (χ1n) is 14.1. The zero-order chi connectivity index (χ0) is 26.1. The van der Waals surface area contributed by atoms with Gasteiger partial charge in [0.05, 0.1) is 45.1 Å². The molecule has 4 aromatic carbocycles. The van der Waals surface area contributed by atoms with Crippen LogP contribution in [0.4, 0.5) is 0 Å². The number of epoxide rings is 2. The fourth-order valence-corrected chi connectivity index (χ4v) is 6.00. The minimum atomic E-state index is -0.371. The van der Waals surface area contributed by atoms with Crippen molar-refractivity contribution in [2.75, 3.05) is 39.6 Å². The summed E-state index contributed by atoms with van der Waals surface area (Å²) in [6.45, 7) is 4.51. The van der Waals surface area contributed by atoms with Crippen molar-refractivity contribution in [1.29, 1.82) is 0 Å². The molecule has 0 radical (unpaired) electrons. The normalized spacial score (nSPS) is 19.9. The van der Waals surface area contributed by atoms with E-state index in [9.17, 15) is 0 Å². The summed E-state index contributed by atoms with van der Waals surface area (Å²) in [5, 5.41) is 0. The molecule has 2 heterocycles. The van der Waals surface area contributed by atoms with Crippen LogP contribution in [-0.4, -0.2) is 51.8 Å². The molecule has 0 unspecified atom stereocenters. The summed E-state index contributed by atoms with van der Waals surface area (Å²) >= 11 is 0. The number of rotatable bonds is 12. The summed E-state index contributed by atoms with van der Waals surface area (Å²) in [5.74, 6) is 0. The highest BCUT2D eigenvalue weighted by Crippen LogP contribution is 2.55. The standard InChI is InChI=1S/C35H34O4/c1-3-7-33-31(5-1)32-6-2-4-8-34(32)35(33,27-13-9-25(10-14-27)17-19-36-21-29-23-38-29)28-15-11-26(12-16-28)18-20-37-22-30-24-39-30/h1-16,29-30H,17-24H2/t29-,30-/m1/s1. The number of fused-ring (bicyclic) bond motifs is 3. The van der Waals surface area contributed by atoms with Gasteiger partial charge in [-0.2, -0.15) is 0 Å². The second-order valence-electron chi connectivity index (χ2n) is 10.8. The van der Waals surface area contributed by atoms with Crippen LogP contribution in [0.3, 0.4) is 0 Å². The molecule has 0 N–H and O–H groups in total. The van der Waals surface area contributed by atoms with Crippen molar-refractivity contribution in [3.8, 4) is 11.1 Å². The van der Waals surface area contributed by atoms with Gasteiger partial charge >= 0.3 is 0 Å². The Hall–Kier alpha value is -3.28. The lowest BCUT2D eigenvalue weighted by Gasteiger charge is -2.34. The molecule has 0 saturated carbocycles. The molecule has 3 aliphatic rings. The third-order valence-corrected chi connectivity index (χ3v) is 8.21. The second-order valence-corrected chi connectivity index (χ2v) is 10.8. The number of hydrogen-bond acceptors (Lipinski definition) is 4. The van der Waals surface area contributed by atoms with Crippen molar-refractivity contribution in [1.82, 2.24) is 0 Å². The van der Waals surface area contributed by atoms with E-state index < -0.39 is 0 Å². The van der Waals surface area contributed by atoms with E-state index in [1.54, 1.807) is 0 Å². The van der Waals surface area contributed by atoms with Crippen LogP contribution in [0.1, 0.15) is 33.4 Å². The SMILES string of the molecule is c1ccc2c(c1)-c1ccccc1C2(c1ccc(CCOC[C@@H]2CO2)cc1)c1ccc(CCOC[C@@H]2CO2)cc1. The lowest BCUT2D eigenvalue weighted by atomic mass is 9.67. The summed E-state index contributed by atoms with van der Waals surface area (Å²) in [5.41, 5.74) is 10.1. The Morgan fingerprint density at radius 3 is 1.38 bits per heavy atom. The minimum Gasteiger partial charge on any atom is -0.378 e. The Bertz CT molecular complexity index is 1310. The number of benzene rings is 4. The Kier molecular flexibility index (Phi) is 6.79. The Morgan fingerprint density at radius 2 is 0.974 bits per heavy atom. The predicted octanol–water partition coefficient (Wildman–Crippen LogP) is 5.97. The van der Waals surface area contributed by atoms with Crippen LogP contribution < -0.4 is 0 Å². The molecule has 2 fully saturated rings. The topological polar surface area (TPSA) is 43.5 Å². The van der Waals surface area contributed by atoms with E-state index in [0.717, 1.165) is 39.3 Å². The van der Waals surface area contributed by atoms with E-state index in [0.29, 0.717) is 25.4 Å². The van der Waals surface area contributed by atoms with Gasteiger partial charge in [0.2, 0.25) is 0 Å². The molecule has 198 valence electrons. The summed E-state index contributed by atoms with van der Waals surface area (Å²) < 4.78 is 22.1. The maximum atomic E-state index is 5.79. The zero-order valence-electron chi connectivity index (χ0n) is 22.2. The summed E-state index contributed by atoms with van der Waals surface area (Å²) in [7, 11) is 0. The molecule has 4 aromatic rings. The van der Waals surface area contributed by atoms with Crippen molar-refractivity contribution in [3.63, 3.8) is 0 Å². The quantitative estimate of drug-likeness (QED) is 0.151. The molecule has 1 aliphatic carbocycles. The van der Waals surface area contributed by atoms with Crippen molar-refractivity contribution in [2.45, 2.75) is 30.5 Å². The summed E-state index contributed by atoms with van der Waals surface area (Å²) in [4.78, 5) is 0. The Morgan fingerprint density at radius 1 is 0.564 bits per heavy atom. The Balaban J connectivity index is 1.22. The molecule has 2 saturated heterocycles. The summed E-state index contributed by atoms with van der Waals surface area (Å²) in [6, 6.07) is 36.1. The Labute approximate surface area is 230 Å². The van der Waals surface area contributed by atoms with E-state index in [2.05, 4.69) is 97.1 Å². The first-order chi connectivity index (χ1) is 19.3. The second kappa shape index (κ2) is 10.7. The first-order valence-corrected chi connectivity index (χ1v) is 14.1. The van der Waals surface area contributed by atoms with Crippen LogP contribution in [0, 0.1) is 0 Å². The molecule has 4 nitrogen and oxygen atoms in total. The van der Waals surface area contributed by atoms with Gasteiger partial charge in [0.1, 0.15) is 12.2 Å². The van der Waals surface area contributed by atoms with Crippen LogP contribution >= 0.6 is 0 Å². The van der Waals surface area contributed by atoms with Gasteiger partial charge in [0.25, 0.3) is 0 Å². The smallest absolute Gasteiger partial charge is 0.104 e. The van der Waals surface area contributed by atoms with E-state index >= 15 is 0 Å². The largest absolute Gasteiger partial charge is 0.378 e. The summed E-state index contributed by atoms with van der Waals surface area (Å²) in [6.07, 6.45) is 2.42. The molecular formula is C35H34O4. The average Bonchev–Trinajstić information content (AvgIpc) is 3.93. The van der Waals surface area contributed by atoms with Crippen molar-refractivity contribution in [2.24, 2.45) is 0 Å². The van der Waals surface area contributed by atoms with Gasteiger partial charge < -0.3 is 18.9 Å². The molecule has 39 heavy (non-hydrogen) atoms. The predicted molar refractivity (Wildman–Crippen MR) is 152 cm³/mol. The van der Waals surface area contributed by atoms with Gasteiger partial charge in [-0.25, -0.2) is 0 Å². The number of ether oxygens (including phenoxy) is 4. The van der Waals surface area contributed by atoms with Crippen LogP contribution in [0.5, 0.6) is 0 Å². The van der Waals surface area contributed by atoms with E-state index in [1.165, 1.54) is 44.5 Å². The monoisotopic (exact) mass is 518 g/mol. The first kappa shape index (κ1) is 24.7. The molecule has 0 aromatic heterocycles. The van der Waals surface area contributed by atoms with Crippen molar-refractivity contribution >= 4 is 0 Å². The number of hydrogen-bond donors (Lipinski definition) is 0. The van der Waals surface area contributed by atoms with Crippen LogP contribution in [0.2, 0.25) is 0 Å². The maximum absolute atomic E-state index is 5.79. The lowest BCUT2D eigenvalue weighted by Crippen LogP contribution is -2.28. The van der Waals surface area contributed by atoms with Gasteiger partial charge in [0, 0.05) is 0 Å². The fraction of sp³-hybridized carbons (Fsp3) is 0.314. The highest BCUT2D eigenvalue weighted by Gasteiger charge is 2.45.